The molecule has 0 aromatic heterocycles. The van der Waals surface area contributed by atoms with Crippen molar-refractivity contribution in [2.24, 2.45) is 5.92 Å². The second-order valence-electron chi connectivity index (χ2n) is 5.40. The molecule has 2 aliphatic heterocycles. The van der Waals surface area contributed by atoms with E-state index >= 15 is 0 Å². The molecule has 1 aromatic rings. The van der Waals surface area contributed by atoms with E-state index in [-0.39, 0.29) is 17.4 Å². The highest BCUT2D eigenvalue weighted by Crippen LogP contribution is 2.50. The average molecular weight is 221 g/mol. The molecule has 2 atom stereocenters. The van der Waals surface area contributed by atoms with Crippen LogP contribution in [0.2, 0.25) is 0 Å². The van der Waals surface area contributed by atoms with Crippen LogP contribution < -0.4 is 5.32 Å². The fraction of sp³-hybridized carbons (Fsp3) is 0.538. The van der Waals surface area contributed by atoms with Gasteiger partial charge in [0.15, 0.2) is 0 Å². The number of fused-ring (bicyclic) bond motifs is 1. The molecule has 2 heterocycles. The van der Waals surface area contributed by atoms with Crippen molar-refractivity contribution >= 4 is 0 Å². The van der Waals surface area contributed by atoms with E-state index in [1.165, 1.54) is 12.1 Å². The first-order chi connectivity index (χ1) is 7.57. The molecule has 3 heteroatoms. The third-order valence-corrected chi connectivity index (χ3v) is 3.98. The number of nitrogens with one attached hydrogen (secondary N) is 1. The van der Waals surface area contributed by atoms with Crippen molar-refractivity contribution in [1.82, 2.24) is 5.32 Å². The lowest BCUT2D eigenvalue weighted by Gasteiger charge is -2.33. The van der Waals surface area contributed by atoms with Crippen molar-refractivity contribution in [2.75, 3.05) is 0 Å². The number of halogens is 1. The smallest absolute Gasteiger partial charge is 0.123 e. The molecule has 1 saturated carbocycles. The van der Waals surface area contributed by atoms with E-state index in [1.807, 2.05) is 0 Å². The minimum absolute atomic E-state index is 0.0896. The van der Waals surface area contributed by atoms with Gasteiger partial charge in [0, 0.05) is 11.6 Å². The van der Waals surface area contributed by atoms with E-state index in [0.717, 1.165) is 12.8 Å². The van der Waals surface area contributed by atoms with Crippen LogP contribution in [0.3, 0.4) is 0 Å². The Morgan fingerprint density at radius 3 is 2.81 bits per heavy atom. The highest BCUT2D eigenvalue weighted by atomic mass is 19.1. The maximum absolute atomic E-state index is 13.1. The maximum Gasteiger partial charge on any atom is 0.123 e. The summed E-state index contributed by atoms with van der Waals surface area (Å²) in [5.41, 5.74) is 0.887. The minimum Gasteiger partial charge on any atom is -0.387 e. The third kappa shape index (κ3) is 1.46. The number of aliphatic hydroxyl groups is 1. The molecule has 0 spiro atoms. The summed E-state index contributed by atoms with van der Waals surface area (Å²) in [6, 6.07) is 6.35. The van der Waals surface area contributed by atoms with Crippen molar-refractivity contribution in [2.45, 2.75) is 37.5 Å². The summed E-state index contributed by atoms with van der Waals surface area (Å²) in [5, 5.41) is 13.7. The Bertz CT molecular complexity index is 414. The van der Waals surface area contributed by atoms with Gasteiger partial charge in [-0.25, -0.2) is 4.39 Å². The second kappa shape index (κ2) is 3.28. The van der Waals surface area contributed by atoms with Crippen molar-refractivity contribution < 1.29 is 9.50 Å². The maximum atomic E-state index is 13.1. The fourth-order valence-corrected chi connectivity index (χ4v) is 3.22. The largest absolute Gasteiger partial charge is 0.387 e. The van der Waals surface area contributed by atoms with Crippen molar-refractivity contribution in [3.05, 3.63) is 35.6 Å². The van der Waals surface area contributed by atoms with Gasteiger partial charge in [-0.1, -0.05) is 12.1 Å². The van der Waals surface area contributed by atoms with Crippen LogP contribution in [-0.2, 0) is 0 Å². The van der Waals surface area contributed by atoms with Gasteiger partial charge in [-0.05, 0) is 43.4 Å². The summed E-state index contributed by atoms with van der Waals surface area (Å²) in [4.78, 5) is 0. The fourth-order valence-electron chi connectivity index (χ4n) is 3.22. The quantitative estimate of drug-likeness (QED) is 0.800. The first kappa shape index (κ1) is 10.2. The SMILES string of the molecule is CC12CC(C1)[C@@H](C(O)c1cccc(F)c1)N2. The molecular formula is C13H16FNO. The Hall–Kier alpha value is -0.930. The van der Waals surface area contributed by atoms with Crippen LogP contribution in [0.1, 0.15) is 31.4 Å². The van der Waals surface area contributed by atoms with E-state index in [0.29, 0.717) is 11.5 Å². The lowest BCUT2D eigenvalue weighted by molar-refractivity contribution is 0.121. The van der Waals surface area contributed by atoms with Gasteiger partial charge < -0.3 is 10.4 Å². The van der Waals surface area contributed by atoms with Gasteiger partial charge in [0.2, 0.25) is 0 Å². The number of benzene rings is 1. The molecule has 2 nitrogen and oxygen atoms in total. The third-order valence-electron chi connectivity index (χ3n) is 3.98. The van der Waals surface area contributed by atoms with Crippen LogP contribution in [0.4, 0.5) is 4.39 Å². The average Bonchev–Trinajstić information content (AvgIpc) is 2.70. The summed E-state index contributed by atoms with van der Waals surface area (Å²) in [6.45, 7) is 2.18. The number of hydrogen-bond donors (Lipinski definition) is 2. The zero-order valence-electron chi connectivity index (χ0n) is 9.28. The molecule has 0 radical (unpaired) electrons. The molecule has 3 fully saturated rings. The summed E-state index contributed by atoms with van der Waals surface area (Å²) in [7, 11) is 0. The van der Waals surface area contributed by atoms with E-state index in [4.69, 9.17) is 0 Å². The highest BCUT2D eigenvalue weighted by molar-refractivity contribution is 5.24. The summed E-state index contributed by atoms with van der Waals surface area (Å²) >= 11 is 0. The zero-order valence-corrected chi connectivity index (χ0v) is 9.28. The Balaban J connectivity index is 1.81. The standard InChI is InChI=1S/C13H16FNO/c1-13-6-9(7-13)11(15-13)12(16)8-3-2-4-10(14)5-8/h2-5,9,11-12,15-16H,6-7H2,1H3/t9?,11-,12?,13?/m0/s1. The molecule has 1 aromatic carbocycles. The van der Waals surface area contributed by atoms with Crippen LogP contribution in [0.15, 0.2) is 24.3 Å². The van der Waals surface area contributed by atoms with Crippen molar-refractivity contribution in [3.8, 4) is 0 Å². The van der Waals surface area contributed by atoms with Crippen LogP contribution in [0, 0.1) is 11.7 Å². The molecule has 2 N–H and O–H groups in total. The van der Waals surface area contributed by atoms with Crippen LogP contribution >= 0.6 is 0 Å². The van der Waals surface area contributed by atoms with Gasteiger partial charge in [0.1, 0.15) is 5.82 Å². The number of hydrogen-bond acceptors (Lipinski definition) is 2. The Morgan fingerprint density at radius 2 is 2.25 bits per heavy atom. The van der Waals surface area contributed by atoms with E-state index in [9.17, 15) is 9.50 Å². The summed E-state index contributed by atoms with van der Waals surface area (Å²) in [6.07, 6.45) is 1.67. The molecule has 4 rings (SSSR count). The lowest BCUT2D eigenvalue weighted by Crippen LogP contribution is -2.40. The predicted octanol–water partition coefficient (Wildman–Crippen LogP) is 2.00. The molecule has 16 heavy (non-hydrogen) atoms. The normalized spacial score (nSPS) is 38.2. The molecule has 1 unspecified atom stereocenters. The molecular weight excluding hydrogens is 205 g/mol. The molecule has 0 amide bonds. The molecule has 86 valence electrons. The molecule has 1 aliphatic carbocycles. The van der Waals surface area contributed by atoms with E-state index in [1.54, 1.807) is 12.1 Å². The van der Waals surface area contributed by atoms with Crippen LogP contribution in [0.5, 0.6) is 0 Å². The van der Waals surface area contributed by atoms with Gasteiger partial charge >= 0.3 is 0 Å². The topological polar surface area (TPSA) is 32.3 Å². The van der Waals surface area contributed by atoms with Crippen LogP contribution in [0.25, 0.3) is 0 Å². The first-order valence-electron chi connectivity index (χ1n) is 5.79. The van der Waals surface area contributed by atoms with Gasteiger partial charge in [-0.3, -0.25) is 0 Å². The Morgan fingerprint density at radius 1 is 1.50 bits per heavy atom. The summed E-state index contributed by atoms with van der Waals surface area (Å²) in [5.74, 6) is 0.261. The molecule has 2 bridgehead atoms. The lowest BCUT2D eigenvalue weighted by atomic mass is 9.72. The van der Waals surface area contributed by atoms with Gasteiger partial charge in [0.25, 0.3) is 0 Å². The second-order valence-corrected chi connectivity index (χ2v) is 5.40. The van der Waals surface area contributed by atoms with Gasteiger partial charge in [-0.15, -0.1) is 0 Å². The Kier molecular flexibility index (Phi) is 2.10. The Labute approximate surface area is 94.5 Å². The van der Waals surface area contributed by atoms with Gasteiger partial charge in [-0.2, -0.15) is 0 Å². The van der Waals surface area contributed by atoms with E-state index < -0.39 is 6.10 Å². The minimum atomic E-state index is -0.593. The monoisotopic (exact) mass is 221 g/mol. The van der Waals surface area contributed by atoms with Crippen molar-refractivity contribution in [1.29, 1.82) is 0 Å². The van der Waals surface area contributed by atoms with Crippen LogP contribution in [-0.4, -0.2) is 16.7 Å². The van der Waals surface area contributed by atoms with E-state index in [2.05, 4.69) is 12.2 Å². The van der Waals surface area contributed by atoms with Gasteiger partial charge in [0.05, 0.1) is 6.10 Å². The number of rotatable bonds is 2. The van der Waals surface area contributed by atoms with Crippen molar-refractivity contribution in [3.63, 3.8) is 0 Å². The zero-order chi connectivity index (χ0) is 11.3. The summed E-state index contributed by atoms with van der Waals surface area (Å²) < 4.78 is 13.1. The first-order valence-corrected chi connectivity index (χ1v) is 5.79. The highest BCUT2D eigenvalue weighted by Gasteiger charge is 2.54. The number of aliphatic hydroxyl groups excluding tert-OH is 1. The molecule has 2 saturated heterocycles. The molecule has 3 aliphatic rings. The predicted molar refractivity (Wildman–Crippen MR) is 59.4 cm³/mol.